The Labute approximate surface area is 169 Å². The molecule has 0 saturated heterocycles. The Morgan fingerprint density at radius 1 is 1.21 bits per heavy atom. The Bertz CT molecular complexity index is 937. The maximum absolute atomic E-state index is 12.7. The first-order valence-corrected chi connectivity index (χ1v) is 11.6. The second-order valence-electron chi connectivity index (χ2n) is 8.79. The van der Waals surface area contributed by atoms with Gasteiger partial charge in [-0.25, -0.2) is 0 Å². The number of halogens is 3. The van der Waals surface area contributed by atoms with E-state index in [2.05, 4.69) is 11.1 Å². The fourth-order valence-corrected chi connectivity index (χ4v) is 5.57. The molecule has 4 rings (SSSR count). The first kappa shape index (κ1) is 20.7. The van der Waals surface area contributed by atoms with Gasteiger partial charge in [0.15, 0.2) is 0 Å². The first-order chi connectivity index (χ1) is 13.5. The summed E-state index contributed by atoms with van der Waals surface area (Å²) in [7, 11) is -5.68. The Morgan fingerprint density at radius 2 is 1.93 bits per heavy atom. The van der Waals surface area contributed by atoms with Gasteiger partial charge in [0.2, 0.25) is 0 Å². The molecular weight excluding hydrogens is 403 g/mol. The van der Waals surface area contributed by atoms with Crippen LogP contribution in [0, 0.1) is 18.8 Å². The maximum atomic E-state index is 12.7. The number of alkyl halides is 3. The van der Waals surface area contributed by atoms with Crippen LogP contribution in [0.5, 0.6) is 5.75 Å². The van der Waals surface area contributed by atoms with E-state index in [4.69, 9.17) is 4.99 Å². The van der Waals surface area contributed by atoms with Crippen LogP contribution >= 0.6 is 0 Å². The van der Waals surface area contributed by atoms with Crippen LogP contribution in [0.15, 0.2) is 23.2 Å². The highest BCUT2D eigenvalue weighted by molar-refractivity contribution is 7.88. The van der Waals surface area contributed by atoms with Crippen LogP contribution in [-0.2, 0) is 15.5 Å². The van der Waals surface area contributed by atoms with Gasteiger partial charge in [0.05, 0.1) is 0 Å². The van der Waals surface area contributed by atoms with Gasteiger partial charge in [-0.05, 0) is 75.1 Å². The fraction of sp³-hybridized carbons (Fsp3) is 0.667. The van der Waals surface area contributed by atoms with Gasteiger partial charge in [0.25, 0.3) is 0 Å². The van der Waals surface area contributed by atoms with Crippen LogP contribution in [0.1, 0.15) is 63.0 Å². The largest absolute Gasteiger partial charge is 0.534 e. The van der Waals surface area contributed by atoms with Gasteiger partial charge in [0, 0.05) is 23.1 Å². The zero-order chi connectivity index (χ0) is 21.0. The topological polar surface area (TPSA) is 55.7 Å². The van der Waals surface area contributed by atoms with Gasteiger partial charge in [0.1, 0.15) is 5.75 Å². The van der Waals surface area contributed by atoms with Crippen molar-refractivity contribution in [3.8, 4) is 5.75 Å². The van der Waals surface area contributed by atoms with E-state index in [0.717, 1.165) is 43.2 Å². The molecule has 0 radical (unpaired) electrons. The number of aryl methyl sites for hydroxylation is 1. The zero-order valence-corrected chi connectivity index (χ0v) is 17.4. The van der Waals surface area contributed by atoms with Crippen molar-refractivity contribution < 1.29 is 25.8 Å². The van der Waals surface area contributed by atoms with E-state index in [0.29, 0.717) is 12.0 Å². The second kappa shape index (κ2) is 7.00. The summed E-state index contributed by atoms with van der Waals surface area (Å²) in [6, 6.07) is 4.77. The van der Waals surface area contributed by atoms with Gasteiger partial charge < -0.3 is 4.18 Å². The molecule has 1 aromatic rings. The molecule has 3 aliphatic carbocycles. The van der Waals surface area contributed by atoms with Crippen LogP contribution in [0.3, 0.4) is 0 Å². The Balaban J connectivity index is 1.64. The molecule has 0 aromatic heterocycles. The average molecular weight is 430 g/mol. The molecule has 0 N–H and O–H groups in total. The molecule has 0 amide bonds. The van der Waals surface area contributed by atoms with Crippen molar-refractivity contribution in [2.75, 3.05) is 0 Å². The summed E-state index contributed by atoms with van der Waals surface area (Å²) in [5.74, 6) is 0.691. The Kier molecular flexibility index (Phi) is 4.99. The van der Waals surface area contributed by atoms with Crippen LogP contribution in [0.25, 0.3) is 0 Å². The SMILES string of the molecule is Cc1ccc(OS(=O)(=O)C(F)(F)F)cc1[C@@]12CCCCC1C(=NC(C)C1CC1)C2. The quantitative estimate of drug-likeness (QED) is 0.472. The van der Waals surface area contributed by atoms with E-state index >= 15 is 0 Å². The lowest BCUT2D eigenvalue weighted by molar-refractivity contribution is -0.0500. The molecule has 160 valence electrons. The van der Waals surface area contributed by atoms with Crippen LogP contribution < -0.4 is 4.18 Å². The highest BCUT2D eigenvalue weighted by atomic mass is 32.2. The third-order valence-electron chi connectivity index (χ3n) is 6.84. The molecule has 0 aliphatic heterocycles. The zero-order valence-electron chi connectivity index (χ0n) is 16.6. The molecule has 3 atom stereocenters. The predicted molar refractivity (Wildman–Crippen MR) is 105 cm³/mol. The molecule has 3 saturated carbocycles. The lowest BCUT2D eigenvalue weighted by atomic mass is 9.49. The molecule has 0 heterocycles. The number of nitrogens with zero attached hydrogens (tertiary/aromatic N) is 1. The van der Waals surface area contributed by atoms with Crippen molar-refractivity contribution in [1.29, 1.82) is 0 Å². The molecular formula is C21H26F3NO3S. The van der Waals surface area contributed by atoms with Gasteiger partial charge >= 0.3 is 15.6 Å². The Morgan fingerprint density at radius 3 is 2.59 bits per heavy atom. The van der Waals surface area contributed by atoms with E-state index in [1.165, 1.54) is 30.7 Å². The fourth-order valence-electron chi connectivity index (χ4n) is 5.11. The number of hydrogen-bond donors (Lipinski definition) is 0. The number of hydrogen-bond acceptors (Lipinski definition) is 4. The Hall–Kier alpha value is -1.57. The summed E-state index contributed by atoms with van der Waals surface area (Å²) in [6.45, 7) is 4.08. The number of aliphatic imine (C=N–C) groups is 1. The summed E-state index contributed by atoms with van der Waals surface area (Å²) >= 11 is 0. The molecule has 2 unspecified atom stereocenters. The van der Waals surface area contributed by atoms with Gasteiger partial charge in [-0.3, -0.25) is 4.99 Å². The van der Waals surface area contributed by atoms with E-state index < -0.39 is 15.6 Å². The highest BCUT2D eigenvalue weighted by Crippen LogP contribution is 2.57. The van der Waals surface area contributed by atoms with Crippen molar-refractivity contribution in [1.82, 2.24) is 0 Å². The van der Waals surface area contributed by atoms with Gasteiger partial charge in [-0.2, -0.15) is 21.6 Å². The molecule has 1 aromatic carbocycles. The monoisotopic (exact) mass is 429 g/mol. The lowest BCUT2D eigenvalue weighted by Gasteiger charge is -2.55. The third-order valence-corrected chi connectivity index (χ3v) is 7.82. The van der Waals surface area contributed by atoms with Crippen molar-refractivity contribution in [3.63, 3.8) is 0 Å². The molecule has 29 heavy (non-hydrogen) atoms. The molecule has 0 bridgehead atoms. The minimum Gasteiger partial charge on any atom is -0.376 e. The summed E-state index contributed by atoms with van der Waals surface area (Å²) < 4.78 is 65.4. The van der Waals surface area contributed by atoms with Crippen molar-refractivity contribution in [3.05, 3.63) is 29.3 Å². The minimum atomic E-state index is -5.68. The molecule has 3 aliphatic rings. The van der Waals surface area contributed by atoms with Gasteiger partial charge in [-0.15, -0.1) is 0 Å². The minimum absolute atomic E-state index is 0.175. The van der Waals surface area contributed by atoms with Crippen LogP contribution in [0.2, 0.25) is 0 Å². The van der Waals surface area contributed by atoms with Crippen molar-refractivity contribution in [2.45, 2.75) is 75.8 Å². The average Bonchev–Trinajstić information content (AvgIpc) is 3.45. The predicted octanol–water partition coefficient (Wildman–Crippen LogP) is 5.29. The summed E-state index contributed by atoms with van der Waals surface area (Å²) in [6.07, 6.45) is 7.38. The third kappa shape index (κ3) is 3.68. The van der Waals surface area contributed by atoms with E-state index in [1.54, 1.807) is 6.07 Å². The lowest BCUT2D eigenvalue weighted by Crippen LogP contribution is -2.54. The number of rotatable bonds is 5. The van der Waals surface area contributed by atoms with Crippen molar-refractivity contribution in [2.24, 2.45) is 16.8 Å². The maximum Gasteiger partial charge on any atom is 0.534 e. The van der Waals surface area contributed by atoms with E-state index in [1.807, 2.05) is 6.92 Å². The number of benzene rings is 1. The standard InChI is InChI=1S/C21H26F3NO3S/c1-13-6-9-16(28-29(26,27)21(22,23)24)11-18(13)20-10-4-3-5-17(20)19(12-20)25-14(2)15-7-8-15/h6,9,11,14-15,17H,3-5,7-8,10,12H2,1-2H3/t14?,17?,20-/m1/s1. The molecule has 0 spiro atoms. The normalized spacial score (nSPS) is 29.8. The van der Waals surface area contributed by atoms with E-state index in [-0.39, 0.29) is 17.1 Å². The van der Waals surface area contributed by atoms with E-state index in [9.17, 15) is 21.6 Å². The molecule has 3 fully saturated rings. The van der Waals surface area contributed by atoms with Gasteiger partial charge in [-0.1, -0.05) is 18.9 Å². The number of fused-ring (bicyclic) bond motifs is 1. The summed E-state index contributed by atoms with van der Waals surface area (Å²) in [4.78, 5) is 4.98. The summed E-state index contributed by atoms with van der Waals surface area (Å²) in [5.41, 5.74) is -2.55. The highest BCUT2D eigenvalue weighted by Gasteiger charge is 2.54. The smallest absolute Gasteiger partial charge is 0.376 e. The van der Waals surface area contributed by atoms with Crippen LogP contribution in [-0.4, -0.2) is 25.7 Å². The molecule has 8 heteroatoms. The second-order valence-corrected chi connectivity index (χ2v) is 10.3. The van der Waals surface area contributed by atoms with Crippen molar-refractivity contribution >= 4 is 15.8 Å². The molecule has 4 nitrogen and oxygen atoms in total. The summed E-state index contributed by atoms with van der Waals surface area (Å²) in [5, 5.41) is 0. The first-order valence-electron chi connectivity index (χ1n) is 10.2. The van der Waals surface area contributed by atoms with Crippen LogP contribution in [0.4, 0.5) is 13.2 Å².